The van der Waals surface area contributed by atoms with Crippen molar-refractivity contribution >= 4 is 17.9 Å². The summed E-state index contributed by atoms with van der Waals surface area (Å²) in [5.41, 5.74) is 0. The molecule has 0 fully saturated rings. The highest BCUT2D eigenvalue weighted by Crippen LogP contribution is 2.17. The zero-order valence-corrected chi connectivity index (χ0v) is 46.6. The Labute approximate surface area is 430 Å². The SMILES string of the molecule is CCCCCCCC/C=C\CCCCCCCC(=O)OCC(COC(=O)CCCCCCCCCCCCCCCCCCCCCC)OC(=O)CCCCCCC/C=C\CCCCCCCCC. The summed E-state index contributed by atoms with van der Waals surface area (Å²) in [4.78, 5) is 38.2. The molecule has 0 amide bonds. The second kappa shape index (κ2) is 58.5. The van der Waals surface area contributed by atoms with E-state index >= 15 is 0 Å². The van der Waals surface area contributed by atoms with Gasteiger partial charge in [0.15, 0.2) is 6.10 Å². The molecule has 0 bridgehead atoms. The standard InChI is InChI=1S/C63H118O6/c1-4-7-10-13-16-19-22-25-28-30-31-32-33-36-38-41-44-47-50-53-56-62(65)68-59-60(58-67-61(64)55-52-49-46-43-40-37-34-27-24-21-18-15-12-9-6-3)69-63(66)57-54-51-48-45-42-39-35-29-26-23-20-17-14-11-8-5-2/h27,29,34-35,60H,4-26,28,30-33,36-59H2,1-3H3/b34-27-,35-29-. The van der Waals surface area contributed by atoms with Gasteiger partial charge in [-0.05, 0) is 70.6 Å². The fraction of sp³-hybridized carbons (Fsp3) is 0.889. The topological polar surface area (TPSA) is 78.9 Å². The van der Waals surface area contributed by atoms with Gasteiger partial charge in [0, 0.05) is 19.3 Å². The lowest BCUT2D eigenvalue weighted by atomic mass is 10.0. The van der Waals surface area contributed by atoms with E-state index in [-0.39, 0.29) is 31.1 Å². The normalized spacial score (nSPS) is 12.1. The van der Waals surface area contributed by atoms with Crippen LogP contribution in [0.15, 0.2) is 24.3 Å². The first kappa shape index (κ1) is 66.9. The molecule has 1 unspecified atom stereocenters. The molecule has 0 radical (unpaired) electrons. The molecule has 0 N–H and O–H groups in total. The highest BCUT2D eigenvalue weighted by atomic mass is 16.6. The van der Waals surface area contributed by atoms with E-state index in [2.05, 4.69) is 45.1 Å². The summed E-state index contributed by atoms with van der Waals surface area (Å²) in [6, 6.07) is 0. The zero-order valence-electron chi connectivity index (χ0n) is 46.6. The van der Waals surface area contributed by atoms with Crippen molar-refractivity contribution in [1.82, 2.24) is 0 Å². The number of allylic oxidation sites excluding steroid dienone is 4. The van der Waals surface area contributed by atoms with E-state index < -0.39 is 6.10 Å². The molecule has 0 rings (SSSR count). The molecule has 0 aliphatic rings. The van der Waals surface area contributed by atoms with Gasteiger partial charge in [-0.1, -0.05) is 276 Å². The second-order valence-corrected chi connectivity index (χ2v) is 21.0. The summed E-state index contributed by atoms with van der Waals surface area (Å²) < 4.78 is 16.9. The van der Waals surface area contributed by atoms with Crippen LogP contribution in [0.1, 0.15) is 342 Å². The monoisotopic (exact) mass is 971 g/mol. The molecule has 69 heavy (non-hydrogen) atoms. The van der Waals surface area contributed by atoms with Crippen molar-refractivity contribution in [1.29, 1.82) is 0 Å². The quantitative estimate of drug-likeness (QED) is 0.0261. The molecule has 0 saturated carbocycles. The number of hydrogen-bond donors (Lipinski definition) is 0. The Bertz CT molecular complexity index is 1110. The summed E-state index contributed by atoms with van der Waals surface area (Å²) >= 11 is 0. The van der Waals surface area contributed by atoms with E-state index in [0.717, 1.165) is 70.6 Å². The lowest BCUT2D eigenvalue weighted by molar-refractivity contribution is -0.167. The molecule has 1 atom stereocenters. The van der Waals surface area contributed by atoms with Gasteiger partial charge in [-0.25, -0.2) is 0 Å². The van der Waals surface area contributed by atoms with Crippen LogP contribution in [0.4, 0.5) is 0 Å². The van der Waals surface area contributed by atoms with Gasteiger partial charge in [-0.3, -0.25) is 14.4 Å². The minimum atomic E-state index is -0.776. The van der Waals surface area contributed by atoms with Crippen LogP contribution < -0.4 is 0 Å². The number of unbranched alkanes of at least 4 members (excludes halogenated alkanes) is 42. The molecule has 6 heteroatoms. The van der Waals surface area contributed by atoms with Crippen molar-refractivity contribution < 1.29 is 28.6 Å². The van der Waals surface area contributed by atoms with E-state index in [9.17, 15) is 14.4 Å². The minimum absolute atomic E-state index is 0.0725. The van der Waals surface area contributed by atoms with Crippen molar-refractivity contribution in [2.45, 2.75) is 348 Å². The van der Waals surface area contributed by atoms with Gasteiger partial charge in [-0.15, -0.1) is 0 Å². The Morgan fingerprint density at radius 2 is 0.478 bits per heavy atom. The zero-order chi connectivity index (χ0) is 50.0. The Morgan fingerprint density at radius 3 is 0.725 bits per heavy atom. The van der Waals surface area contributed by atoms with Crippen molar-refractivity contribution in [3.63, 3.8) is 0 Å². The van der Waals surface area contributed by atoms with Gasteiger partial charge in [-0.2, -0.15) is 0 Å². The summed E-state index contributed by atoms with van der Waals surface area (Å²) in [7, 11) is 0. The summed E-state index contributed by atoms with van der Waals surface area (Å²) in [5, 5.41) is 0. The summed E-state index contributed by atoms with van der Waals surface area (Å²) in [5.74, 6) is -0.866. The van der Waals surface area contributed by atoms with Crippen molar-refractivity contribution in [3.8, 4) is 0 Å². The molecule has 406 valence electrons. The Balaban J connectivity index is 4.32. The fourth-order valence-electron chi connectivity index (χ4n) is 9.26. The molecule has 0 aromatic rings. The van der Waals surface area contributed by atoms with Crippen LogP contribution >= 0.6 is 0 Å². The van der Waals surface area contributed by atoms with Crippen molar-refractivity contribution in [3.05, 3.63) is 24.3 Å². The van der Waals surface area contributed by atoms with Gasteiger partial charge >= 0.3 is 17.9 Å². The third-order valence-electron chi connectivity index (χ3n) is 13.9. The summed E-state index contributed by atoms with van der Waals surface area (Å²) in [6.07, 6.45) is 68.9. The van der Waals surface area contributed by atoms with Crippen LogP contribution in [0.25, 0.3) is 0 Å². The van der Waals surface area contributed by atoms with E-state index in [1.54, 1.807) is 0 Å². The molecule has 0 aliphatic carbocycles. The Hall–Kier alpha value is -2.11. The Morgan fingerprint density at radius 1 is 0.275 bits per heavy atom. The third-order valence-corrected chi connectivity index (χ3v) is 13.9. The molecule has 0 aliphatic heterocycles. The summed E-state index contributed by atoms with van der Waals surface area (Å²) in [6.45, 7) is 6.68. The smallest absolute Gasteiger partial charge is 0.306 e. The van der Waals surface area contributed by atoms with Gasteiger partial charge in [0.25, 0.3) is 0 Å². The maximum Gasteiger partial charge on any atom is 0.306 e. The van der Waals surface area contributed by atoms with Crippen LogP contribution in [0.3, 0.4) is 0 Å². The molecule has 0 spiro atoms. The van der Waals surface area contributed by atoms with Crippen LogP contribution in [0, 0.1) is 0 Å². The van der Waals surface area contributed by atoms with Crippen LogP contribution in [0.2, 0.25) is 0 Å². The largest absolute Gasteiger partial charge is 0.462 e. The van der Waals surface area contributed by atoms with E-state index in [1.165, 1.54) is 231 Å². The number of esters is 3. The number of ether oxygens (including phenoxy) is 3. The van der Waals surface area contributed by atoms with E-state index in [4.69, 9.17) is 14.2 Å². The fourth-order valence-corrected chi connectivity index (χ4v) is 9.26. The van der Waals surface area contributed by atoms with Gasteiger partial charge < -0.3 is 14.2 Å². The lowest BCUT2D eigenvalue weighted by Crippen LogP contribution is -2.30. The van der Waals surface area contributed by atoms with E-state index in [1.807, 2.05) is 0 Å². The molecule has 0 saturated heterocycles. The maximum atomic E-state index is 12.9. The molecule has 0 heterocycles. The average molecular weight is 972 g/mol. The number of rotatable bonds is 57. The predicted octanol–water partition coefficient (Wildman–Crippen LogP) is 20.7. The minimum Gasteiger partial charge on any atom is -0.462 e. The number of hydrogen-bond acceptors (Lipinski definition) is 6. The first-order chi connectivity index (χ1) is 34.0. The second-order valence-electron chi connectivity index (χ2n) is 21.0. The van der Waals surface area contributed by atoms with Gasteiger partial charge in [0.05, 0.1) is 0 Å². The highest BCUT2D eigenvalue weighted by Gasteiger charge is 2.19. The number of carbonyl (C=O) groups is 3. The first-order valence-electron chi connectivity index (χ1n) is 30.8. The van der Waals surface area contributed by atoms with E-state index in [0.29, 0.717) is 19.3 Å². The molecule has 0 aromatic carbocycles. The first-order valence-corrected chi connectivity index (χ1v) is 30.8. The molecular formula is C63H118O6. The molecular weight excluding hydrogens is 853 g/mol. The van der Waals surface area contributed by atoms with Crippen molar-refractivity contribution in [2.24, 2.45) is 0 Å². The van der Waals surface area contributed by atoms with Crippen LogP contribution in [0.5, 0.6) is 0 Å². The predicted molar refractivity (Wildman–Crippen MR) is 298 cm³/mol. The average Bonchev–Trinajstić information content (AvgIpc) is 3.35. The van der Waals surface area contributed by atoms with Gasteiger partial charge in [0.2, 0.25) is 0 Å². The van der Waals surface area contributed by atoms with Crippen molar-refractivity contribution in [2.75, 3.05) is 13.2 Å². The highest BCUT2D eigenvalue weighted by molar-refractivity contribution is 5.71. The van der Waals surface area contributed by atoms with Crippen LogP contribution in [-0.2, 0) is 28.6 Å². The lowest BCUT2D eigenvalue weighted by Gasteiger charge is -2.18. The Kier molecular flexibility index (Phi) is 56.7. The third kappa shape index (κ3) is 56.7. The number of carbonyl (C=O) groups excluding carboxylic acids is 3. The van der Waals surface area contributed by atoms with Gasteiger partial charge in [0.1, 0.15) is 13.2 Å². The molecule has 0 aromatic heterocycles. The van der Waals surface area contributed by atoms with Crippen LogP contribution in [-0.4, -0.2) is 37.2 Å². The molecule has 6 nitrogen and oxygen atoms in total. The maximum absolute atomic E-state index is 12.9.